The zero-order valence-corrected chi connectivity index (χ0v) is 18.2. The van der Waals surface area contributed by atoms with Crippen LogP contribution in [0.4, 0.5) is 0 Å². The lowest BCUT2D eigenvalue weighted by atomic mass is 10.6. The van der Waals surface area contributed by atoms with Crippen molar-refractivity contribution in [2.75, 3.05) is 81.7 Å². The highest BCUT2D eigenvalue weighted by Gasteiger charge is 2.26. The minimum Gasteiger partial charge on any atom is -0.307 e. The summed E-state index contributed by atoms with van der Waals surface area (Å²) in [6.07, 6.45) is 0. The van der Waals surface area contributed by atoms with E-state index in [2.05, 4.69) is 0 Å². The summed E-state index contributed by atoms with van der Waals surface area (Å²) in [4.78, 5) is 5.85. The first-order chi connectivity index (χ1) is 9.25. The van der Waals surface area contributed by atoms with E-state index in [1.165, 1.54) is 0 Å². The maximum Gasteiger partial charge on any atom is 0.474 e. The molecule has 0 aliphatic rings. The van der Waals surface area contributed by atoms with Crippen molar-refractivity contribution in [3.05, 3.63) is 0 Å². The van der Waals surface area contributed by atoms with Crippen LogP contribution >= 0.6 is 45.0 Å². The van der Waals surface area contributed by atoms with Crippen LogP contribution in [0.2, 0.25) is 0 Å². The lowest BCUT2D eigenvalue weighted by Gasteiger charge is -2.21. The Morgan fingerprint density at radius 3 is 1.00 bits per heavy atom. The van der Waals surface area contributed by atoms with Crippen molar-refractivity contribution in [2.45, 2.75) is 0 Å². The molecule has 23 heavy (non-hydrogen) atoms. The third-order valence-electron chi connectivity index (χ3n) is 2.36. The van der Waals surface area contributed by atoms with Crippen LogP contribution in [0.5, 0.6) is 0 Å². The lowest BCUT2D eigenvalue weighted by Crippen LogP contribution is -2.22. The van der Waals surface area contributed by atoms with Crippen LogP contribution in [0.25, 0.3) is 0 Å². The second-order valence-corrected chi connectivity index (χ2v) is 7.03. The number of likely N-dealkylation sites (N-methyl/N-ethyl adjacent to an activating group) is 3. The molecule has 0 amide bonds. The first-order valence-electron chi connectivity index (χ1n) is 6.73. The molecule has 146 valence electrons. The highest BCUT2D eigenvalue weighted by Crippen LogP contribution is 2.49. The summed E-state index contributed by atoms with van der Waals surface area (Å²) >= 11 is 0. The summed E-state index contributed by atoms with van der Waals surface area (Å²) in [5.74, 6) is 0. The topological polar surface area (TPSA) is 54.5 Å². The minimum atomic E-state index is -3.47. The lowest BCUT2D eigenvalue weighted by molar-refractivity contribution is 0.0973. The van der Waals surface area contributed by atoms with Gasteiger partial charge in [0, 0.05) is 19.6 Å². The largest absolute Gasteiger partial charge is 0.474 e. The van der Waals surface area contributed by atoms with Gasteiger partial charge < -0.3 is 14.7 Å². The van der Waals surface area contributed by atoms with E-state index in [1.54, 1.807) is 0 Å². The van der Waals surface area contributed by atoms with Gasteiger partial charge in [0.15, 0.2) is 0 Å². The van der Waals surface area contributed by atoms with Crippen molar-refractivity contribution in [3.8, 4) is 0 Å². The van der Waals surface area contributed by atoms with E-state index in [9.17, 15) is 4.57 Å². The standard InChI is InChI=1S/C12H30N3O4P.3ClH/c1-13(2)7-10-17-20(16,18-11-8-14(3)4)19-12-9-15(5)6;;;/h7-12H2,1-6H3;3*1H. The molecule has 0 aromatic rings. The van der Waals surface area contributed by atoms with Crippen molar-refractivity contribution in [2.24, 2.45) is 0 Å². The molecular weight excluding hydrogens is 387 g/mol. The second kappa shape index (κ2) is 17.7. The summed E-state index contributed by atoms with van der Waals surface area (Å²) in [6, 6.07) is 0. The first-order valence-corrected chi connectivity index (χ1v) is 8.19. The highest BCUT2D eigenvalue weighted by atomic mass is 35.5. The van der Waals surface area contributed by atoms with Gasteiger partial charge in [0.25, 0.3) is 0 Å². The molecule has 0 saturated carbocycles. The van der Waals surface area contributed by atoms with Crippen molar-refractivity contribution in [1.82, 2.24) is 14.7 Å². The Bertz CT molecular complexity index is 258. The molecule has 11 heteroatoms. The SMILES string of the molecule is CN(C)CCOP(=O)(OCCN(C)C)OCCN(C)C.Cl.Cl.Cl. The predicted molar refractivity (Wildman–Crippen MR) is 103 cm³/mol. The number of rotatable bonds is 12. The molecule has 0 rings (SSSR count). The number of hydrogen-bond donors (Lipinski definition) is 0. The smallest absolute Gasteiger partial charge is 0.307 e. The van der Waals surface area contributed by atoms with Crippen molar-refractivity contribution < 1.29 is 18.1 Å². The van der Waals surface area contributed by atoms with E-state index in [0.717, 1.165) is 0 Å². The summed E-state index contributed by atoms with van der Waals surface area (Å²) in [6.45, 7) is 2.94. The molecule has 0 aromatic carbocycles. The summed E-state index contributed by atoms with van der Waals surface area (Å²) in [5, 5.41) is 0. The summed E-state index contributed by atoms with van der Waals surface area (Å²) < 4.78 is 28.4. The Hall–Kier alpha value is 0.860. The molecule has 0 heterocycles. The number of halogens is 3. The molecule has 0 radical (unpaired) electrons. The predicted octanol–water partition coefficient (Wildman–Crippen LogP) is 2.09. The number of hydrogen-bond acceptors (Lipinski definition) is 7. The Morgan fingerprint density at radius 1 is 0.609 bits per heavy atom. The molecule has 0 aliphatic heterocycles. The van der Waals surface area contributed by atoms with Gasteiger partial charge in [-0.15, -0.1) is 37.2 Å². The van der Waals surface area contributed by atoms with Gasteiger partial charge in [-0.3, -0.25) is 13.6 Å². The molecular formula is C12H33Cl3N3O4P. The van der Waals surface area contributed by atoms with Gasteiger partial charge in [0.05, 0.1) is 19.8 Å². The Labute approximate surface area is 159 Å². The van der Waals surface area contributed by atoms with E-state index in [4.69, 9.17) is 13.6 Å². The zero-order valence-electron chi connectivity index (χ0n) is 14.9. The average Bonchev–Trinajstić information content (AvgIpc) is 2.27. The Kier molecular flexibility index (Phi) is 24.3. The molecule has 0 atom stereocenters. The monoisotopic (exact) mass is 419 g/mol. The van der Waals surface area contributed by atoms with Gasteiger partial charge >= 0.3 is 7.82 Å². The van der Waals surface area contributed by atoms with Crippen LogP contribution in [-0.2, 0) is 18.1 Å². The second-order valence-electron chi connectivity index (χ2n) is 5.36. The van der Waals surface area contributed by atoms with Gasteiger partial charge in [-0.25, -0.2) is 4.57 Å². The molecule has 0 saturated heterocycles. The molecule has 0 aromatic heterocycles. The highest BCUT2D eigenvalue weighted by molar-refractivity contribution is 7.48. The third kappa shape index (κ3) is 20.8. The van der Waals surface area contributed by atoms with Crippen LogP contribution in [0, 0.1) is 0 Å². The van der Waals surface area contributed by atoms with Gasteiger partial charge in [0.2, 0.25) is 0 Å². The van der Waals surface area contributed by atoms with Crippen LogP contribution < -0.4 is 0 Å². The number of phosphoric acid groups is 1. The van der Waals surface area contributed by atoms with Crippen LogP contribution in [0.1, 0.15) is 0 Å². The normalized spacial score (nSPS) is 11.2. The van der Waals surface area contributed by atoms with Gasteiger partial charge in [-0.2, -0.15) is 0 Å². The molecule has 0 unspecified atom stereocenters. The number of phosphoric ester groups is 1. The minimum absolute atomic E-state index is 0. The first kappa shape index (κ1) is 31.6. The van der Waals surface area contributed by atoms with E-state index in [-0.39, 0.29) is 37.2 Å². The van der Waals surface area contributed by atoms with Crippen molar-refractivity contribution in [1.29, 1.82) is 0 Å². The van der Waals surface area contributed by atoms with Crippen molar-refractivity contribution in [3.63, 3.8) is 0 Å². The molecule has 0 spiro atoms. The van der Waals surface area contributed by atoms with Gasteiger partial charge in [-0.1, -0.05) is 0 Å². The molecule has 0 bridgehead atoms. The average molecular weight is 421 g/mol. The van der Waals surface area contributed by atoms with Crippen molar-refractivity contribution >= 4 is 45.0 Å². The fourth-order valence-corrected chi connectivity index (χ4v) is 2.26. The molecule has 0 N–H and O–H groups in total. The van der Waals surface area contributed by atoms with Gasteiger partial charge in [-0.05, 0) is 42.3 Å². The fourth-order valence-electron chi connectivity index (χ4n) is 1.12. The molecule has 7 nitrogen and oxygen atoms in total. The van der Waals surface area contributed by atoms with E-state index < -0.39 is 7.82 Å². The van der Waals surface area contributed by atoms with Gasteiger partial charge in [0.1, 0.15) is 0 Å². The quantitative estimate of drug-likeness (QED) is 0.448. The fraction of sp³-hybridized carbons (Fsp3) is 1.00. The maximum atomic E-state index is 12.4. The van der Waals surface area contributed by atoms with Crippen LogP contribution in [0.15, 0.2) is 0 Å². The van der Waals surface area contributed by atoms with E-state index in [0.29, 0.717) is 39.5 Å². The van der Waals surface area contributed by atoms with E-state index >= 15 is 0 Å². The number of nitrogens with zero attached hydrogens (tertiary/aromatic N) is 3. The van der Waals surface area contributed by atoms with E-state index in [1.807, 2.05) is 57.0 Å². The third-order valence-corrected chi connectivity index (χ3v) is 3.86. The summed E-state index contributed by atoms with van der Waals surface area (Å²) in [7, 11) is 8.08. The molecule has 0 aliphatic carbocycles. The Morgan fingerprint density at radius 2 is 0.826 bits per heavy atom. The van der Waals surface area contributed by atoms with Crippen LogP contribution in [0.3, 0.4) is 0 Å². The maximum absolute atomic E-state index is 12.4. The zero-order chi connectivity index (χ0) is 15.6. The summed E-state index contributed by atoms with van der Waals surface area (Å²) in [5.41, 5.74) is 0. The molecule has 0 fully saturated rings. The Balaban J connectivity index is -0.000000602. The van der Waals surface area contributed by atoms with Crippen LogP contribution in [-0.4, -0.2) is 96.4 Å².